The van der Waals surface area contributed by atoms with Gasteiger partial charge in [0, 0.05) is 19.1 Å². The first kappa shape index (κ1) is 15.5. The van der Waals surface area contributed by atoms with Crippen molar-refractivity contribution in [2.75, 3.05) is 13.1 Å². The van der Waals surface area contributed by atoms with E-state index < -0.39 is 10.0 Å². The summed E-state index contributed by atoms with van der Waals surface area (Å²) < 4.78 is 27.3. The Morgan fingerprint density at radius 3 is 2.25 bits per heavy atom. The van der Waals surface area contributed by atoms with Crippen LogP contribution in [-0.4, -0.2) is 31.9 Å². The maximum Gasteiger partial charge on any atom is 0.243 e. The van der Waals surface area contributed by atoms with Gasteiger partial charge in [0.2, 0.25) is 10.0 Å². The van der Waals surface area contributed by atoms with E-state index >= 15 is 0 Å². The van der Waals surface area contributed by atoms with E-state index in [1.165, 1.54) is 0 Å². The maximum atomic E-state index is 12.9. The Hall–Kier alpha value is -0.910. The molecular formula is C15H24N2O2S. The highest BCUT2D eigenvalue weighted by Gasteiger charge is 2.33. The number of nitrogens with zero attached hydrogens (tertiary/aromatic N) is 1. The normalized spacial score (nSPS) is 24.9. The lowest BCUT2D eigenvalue weighted by Gasteiger charge is -2.34. The third kappa shape index (κ3) is 2.75. The first-order valence-electron chi connectivity index (χ1n) is 7.07. The summed E-state index contributed by atoms with van der Waals surface area (Å²) in [6.45, 7) is 8.75. The Bertz CT molecular complexity index is 587. The standard InChI is InChI=1S/C15H24N2O2S/c1-10-7-12(3)15(13(4)8-10)20(18,19)17-6-5-11(2)14(16)9-17/h7-8,11,14H,5-6,9,16H2,1-4H3. The van der Waals surface area contributed by atoms with Crippen molar-refractivity contribution >= 4 is 10.0 Å². The summed E-state index contributed by atoms with van der Waals surface area (Å²) in [6, 6.07) is 3.77. The van der Waals surface area contributed by atoms with Crippen LogP contribution in [0.25, 0.3) is 0 Å². The Labute approximate surface area is 122 Å². The minimum atomic E-state index is -3.44. The summed E-state index contributed by atoms with van der Waals surface area (Å²) in [7, 11) is -3.44. The molecule has 0 aliphatic carbocycles. The van der Waals surface area contributed by atoms with Crippen LogP contribution in [-0.2, 0) is 10.0 Å². The average Bonchev–Trinajstić information content (AvgIpc) is 2.30. The van der Waals surface area contributed by atoms with Crippen molar-refractivity contribution in [2.24, 2.45) is 11.7 Å². The van der Waals surface area contributed by atoms with E-state index in [-0.39, 0.29) is 6.04 Å². The van der Waals surface area contributed by atoms with Crippen molar-refractivity contribution in [3.63, 3.8) is 0 Å². The molecule has 0 amide bonds. The molecule has 20 heavy (non-hydrogen) atoms. The lowest BCUT2D eigenvalue weighted by molar-refractivity contribution is 0.253. The molecule has 1 aliphatic rings. The fraction of sp³-hybridized carbons (Fsp3) is 0.600. The Balaban J connectivity index is 2.41. The van der Waals surface area contributed by atoms with Gasteiger partial charge in [0.25, 0.3) is 0 Å². The number of hydrogen-bond donors (Lipinski definition) is 1. The van der Waals surface area contributed by atoms with Crippen LogP contribution < -0.4 is 5.73 Å². The molecule has 1 aromatic carbocycles. The Morgan fingerprint density at radius 2 is 1.75 bits per heavy atom. The van der Waals surface area contributed by atoms with Crippen LogP contribution in [0.5, 0.6) is 0 Å². The van der Waals surface area contributed by atoms with Crippen molar-refractivity contribution in [3.8, 4) is 0 Å². The van der Waals surface area contributed by atoms with Crippen molar-refractivity contribution in [1.29, 1.82) is 0 Å². The number of sulfonamides is 1. The van der Waals surface area contributed by atoms with Crippen molar-refractivity contribution in [1.82, 2.24) is 4.31 Å². The number of hydrogen-bond acceptors (Lipinski definition) is 3. The van der Waals surface area contributed by atoms with Gasteiger partial charge in [0.1, 0.15) is 0 Å². The topological polar surface area (TPSA) is 63.4 Å². The Morgan fingerprint density at radius 1 is 1.20 bits per heavy atom. The summed E-state index contributed by atoms with van der Waals surface area (Å²) >= 11 is 0. The molecule has 2 unspecified atom stereocenters. The molecule has 112 valence electrons. The second-order valence-electron chi connectivity index (χ2n) is 6.02. The van der Waals surface area contributed by atoms with Gasteiger partial charge in [-0.2, -0.15) is 4.31 Å². The van der Waals surface area contributed by atoms with Crippen molar-refractivity contribution in [2.45, 2.75) is 45.1 Å². The molecule has 2 N–H and O–H groups in total. The van der Waals surface area contributed by atoms with Gasteiger partial charge in [-0.1, -0.05) is 24.6 Å². The largest absolute Gasteiger partial charge is 0.326 e. The summed E-state index contributed by atoms with van der Waals surface area (Å²) in [6.07, 6.45) is 0.824. The van der Waals surface area contributed by atoms with Gasteiger partial charge < -0.3 is 5.73 Å². The number of aryl methyl sites for hydroxylation is 3. The molecule has 4 nitrogen and oxygen atoms in total. The molecule has 2 rings (SSSR count). The van der Waals surface area contributed by atoms with Gasteiger partial charge in [-0.25, -0.2) is 8.42 Å². The predicted octanol–water partition coefficient (Wildman–Crippen LogP) is 1.97. The fourth-order valence-electron chi connectivity index (χ4n) is 2.99. The number of benzene rings is 1. The molecule has 1 saturated heterocycles. The van der Waals surface area contributed by atoms with E-state index in [1.807, 2.05) is 32.9 Å². The van der Waals surface area contributed by atoms with Crippen LogP contribution >= 0.6 is 0 Å². The molecule has 1 aliphatic heterocycles. The predicted molar refractivity (Wildman–Crippen MR) is 81.2 cm³/mol. The van der Waals surface area contributed by atoms with Gasteiger partial charge in [-0.3, -0.25) is 0 Å². The van der Waals surface area contributed by atoms with Crippen LogP contribution in [0.1, 0.15) is 30.0 Å². The third-order valence-corrected chi connectivity index (χ3v) is 6.35. The fourth-order valence-corrected chi connectivity index (χ4v) is 4.89. The smallest absolute Gasteiger partial charge is 0.243 e. The van der Waals surface area contributed by atoms with Gasteiger partial charge in [0.05, 0.1) is 4.90 Å². The van der Waals surface area contributed by atoms with E-state index in [0.717, 1.165) is 23.1 Å². The van der Waals surface area contributed by atoms with Crippen LogP contribution in [0.15, 0.2) is 17.0 Å². The van der Waals surface area contributed by atoms with E-state index in [4.69, 9.17) is 5.73 Å². The molecule has 1 heterocycles. The minimum absolute atomic E-state index is 0.0791. The van der Waals surface area contributed by atoms with E-state index in [9.17, 15) is 8.42 Å². The first-order valence-corrected chi connectivity index (χ1v) is 8.51. The highest BCUT2D eigenvalue weighted by atomic mass is 32.2. The SMILES string of the molecule is Cc1cc(C)c(S(=O)(=O)N2CCC(C)C(N)C2)c(C)c1. The summed E-state index contributed by atoms with van der Waals surface area (Å²) in [5.74, 6) is 0.377. The maximum absolute atomic E-state index is 12.9. The molecule has 5 heteroatoms. The molecule has 0 spiro atoms. The molecule has 0 aromatic heterocycles. The molecule has 0 bridgehead atoms. The van der Waals surface area contributed by atoms with Gasteiger partial charge in [-0.15, -0.1) is 0 Å². The minimum Gasteiger partial charge on any atom is -0.326 e. The average molecular weight is 296 g/mol. The molecule has 1 aromatic rings. The zero-order valence-electron chi connectivity index (χ0n) is 12.7. The van der Waals surface area contributed by atoms with Gasteiger partial charge in [-0.05, 0) is 44.2 Å². The molecule has 0 saturated carbocycles. The highest BCUT2D eigenvalue weighted by molar-refractivity contribution is 7.89. The van der Waals surface area contributed by atoms with Crippen LogP contribution in [0.4, 0.5) is 0 Å². The second kappa shape index (κ2) is 5.47. The zero-order chi connectivity index (χ0) is 15.1. The lowest BCUT2D eigenvalue weighted by Crippen LogP contribution is -2.49. The zero-order valence-corrected chi connectivity index (χ0v) is 13.5. The third-order valence-electron chi connectivity index (χ3n) is 4.18. The number of piperidine rings is 1. The van der Waals surface area contributed by atoms with Crippen molar-refractivity contribution in [3.05, 3.63) is 28.8 Å². The second-order valence-corrected chi connectivity index (χ2v) is 7.90. The van der Waals surface area contributed by atoms with E-state index in [1.54, 1.807) is 4.31 Å². The van der Waals surface area contributed by atoms with Gasteiger partial charge in [0.15, 0.2) is 0 Å². The molecule has 0 radical (unpaired) electrons. The molecular weight excluding hydrogens is 272 g/mol. The molecule has 1 fully saturated rings. The highest BCUT2D eigenvalue weighted by Crippen LogP contribution is 2.28. The van der Waals surface area contributed by atoms with Crippen LogP contribution in [0, 0.1) is 26.7 Å². The van der Waals surface area contributed by atoms with Crippen LogP contribution in [0.2, 0.25) is 0 Å². The van der Waals surface area contributed by atoms with Gasteiger partial charge >= 0.3 is 0 Å². The monoisotopic (exact) mass is 296 g/mol. The quantitative estimate of drug-likeness (QED) is 0.907. The summed E-state index contributed by atoms with van der Waals surface area (Å²) in [5.41, 5.74) is 8.75. The van der Waals surface area contributed by atoms with Crippen molar-refractivity contribution < 1.29 is 8.42 Å². The van der Waals surface area contributed by atoms with E-state index in [2.05, 4.69) is 6.92 Å². The van der Waals surface area contributed by atoms with Crippen LogP contribution in [0.3, 0.4) is 0 Å². The summed E-state index contributed by atoms with van der Waals surface area (Å²) in [4.78, 5) is 0.449. The lowest BCUT2D eigenvalue weighted by atomic mass is 9.96. The number of rotatable bonds is 2. The van der Waals surface area contributed by atoms with E-state index in [0.29, 0.717) is 23.9 Å². The first-order chi connectivity index (χ1) is 9.23. The Kier molecular flexibility index (Phi) is 4.23. The number of nitrogens with two attached hydrogens (primary N) is 1. The summed E-state index contributed by atoms with van der Waals surface area (Å²) in [5, 5.41) is 0. The molecule has 2 atom stereocenters.